The van der Waals surface area contributed by atoms with Gasteiger partial charge >= 0.3 is 6.18 Å². The van der Waals surface area contributed by atoms with Crippen LogP contribution in [0.15, 0.2) is 18.2 Å². The molecule has 0 saturated carbocycles. The molecule has 0 aliphatic rings. The Morgan fingerprint density at radius 3 is 2.63 bits per heavy atom. The molecular formula is C13H15F3N2S. The van der Waals surface area contributed by atoms with Crippen LogP contribution in [0.1, 0.15) is 25.8 Å². The van der Waals surface area contributed by atoms with Gasteiger partial charge in [-0.15, -0.1) is 0 Å². The van der Waals surface area contributed by atoms with Gasteiger partial charge in [0.05, 0.1) is 16.6 Å². The highest BCUT2D eigenvalue weighted by atomic mass is 32.1. The van der Waals surface area contributed by atoms with Crippen LogP contribution in [0.4, 0.5) is 13.2 Å². The monoisotopic (exact) mass is 288 g/mol. The molecule has 0 amide bonds. The first-order valence-corrected chi connectivity index (χ1v) is 6.53. The van der Waals surface area contributed by atoms with Crippen LogP contribution >= 0.6 is 12.2 Å². The minimum Gasteiger partial charge on any atom is -0.331 e. The zero-order valence-electron chi connectivity index (χ0n) is 10.7. The summed E-state index contributed by atoms with van der Waals surface area (Å²) in [4.78, 5) is 2.85. The number of hydrogen-bond acceptors (Lipinski definition) is 1. The van der Waals surface area contributed by atoms with Gasteiger partial charge in [0, 0.05) is 6.54 Å². The molecule has 2 aromatic rings. The molecule has 1 N–H and O–H groups in total. The minimum atomic E-state index is -4.33. The summed E-state index contributed by atoms with van der Waals surface area (Å²) in [7, 11) is 0. The number of benzene rings is 1. The van der Waals surface area contributed by atoms with Crippen molar-refractivity contribution in [2.75, 3.05) is 0 Å². The average Bonchev–Trinajstić information content (AvgIpc) is 2.64. The molecule has 19 heavy (non-hydrogen) atoms. The highest BCUT2D eigenvalue weighted by Gasteiger charge is 2.30. The Hall–Kier alpha value is -1.30. The molecule has 104 valence electrons. The van der Waals surface area contributed by atoms with Crippen LogP contribution in [-0.2, 0) is 12.7 Å². The second kappa shape index (κ2) is 5.00. The number of rotatable bonds is 3. The predicted molar refractivity (Wildman–Crippen MR) is 71.6 cm³/mol. The first kappa shape index (κ1) is 14.1. The Morgan fingerprint density at radius 1 is 1.37 bits per heavy atom. The third kappa shape index (κ3) is 2.83. The number of alkyl halides is 3. The topological polar surface area (TPSA) is 20.7 Å². The predicted octanol–water partition coefficient (Wildman–Crippen LogP) is 4.76. The number of imidazole rings is 1. The fourth-order valence-electron chi connectivity index (χ4n) is 1.96. The molecule has 2 nitrogen and oxygen atoms in total. The summed E-state index contributed by atoms with van der Waals surface area (Å²) in [6.45, 7) is 4.87. The Kier molecular flexibility index (Phi) is 3.71. The molecule has 1 atom stereocenters. The molecular weight excluding hydrogens is 273 g/mol. The molecule has 1 unspecified atom stereocenters. The summed E-state index contributed by atoms with van der Waals surface area (Å²) in [6, 6.07) is 3.68. The molecule has 1 aromatic heterocycles. The molecule has 0 fully saturated rings. The van der Waals surface area contributed by atoms with E-state index in [0.29, 0.717) is 22.8 Å². The van der Waals surface area contributed by atoms with Crippen LogP contribution in [0.2, 0.25) is 0 Å². The Bertz CT molecular complexity index is 639. The van der Waals surface area contributed by atoms with E-state index in [1.165, 1.54) is 6.07 Å². The fraction of sp³-hybridized carbons (Fsp3) is 0.462. The molecule has 0 aliphatic heterocycles. The Morgan fingerprint density at radius 2 is 2.05 bits per heavy atom. The number of hydrogen-bond donors (Lipinski definition) is 1. The third-order valence-corrected chi connectivity index (χ3v) is 3.62. The lowest BCUT2D eigenvalue weighted by Gasteiger charge is -2.11. The minimum absolute atomic E-state index is 0.424. The van der Waals surface area contributed by atoms with E-state index in [2.05, 4.69) is 18.8 Å². The SMILES string of the molecule is CCC(C)Cn1c(=S)[nH]c2cc(C(F)(F)F)ccc21. The van der Waals surface area contributed by atoms with Crippen molar-refractivity contribution in [3.05, 3.63) is 28.5 Å². The van der Waals surface area contributed by atoms with Gasteiger partial charge in [0.25, 0.3) is 0 Å². The summed E-state index contributed by atoms with van der Waals surface area (Å²) in [6.07, 6.45) is -3.34. The van der Waals surface area contributed by atoms with Crippen LogP contribution in [0.3, 0.4) is 0 Å². The molecule has 0 spiro atoms. The van der Waals surface area contributed by atoms with E-state index < -0.39 is 11.7 Å². The molecule has 1 aromatic carbocycles. The van der Waals surface area contributed by atoms with Crippen LogP contribution in [0.25, 0.3) is 11.0 Å². The maximum absolute atomic E-state index is 12.6. The van der Waals surface area contributed by atoms with Gasteiger partial charge in [-0.25, -0.2) is 0 Å². The smallest absolute Gasteiger partial charge is 0.331 e. The lowest BCUT2D eigenvalue weighted by molar-refractivity contribution is -0.137. The summed E-state index contributed by atoms with van der Waals surface area (Å²) in [5, 5.41) is 0. The van der Waals surface area contributed by atoms with Gasteiger partial charge in [0.2, 0.25) is 0 Å². The van der Waals surface area contributed by atoms with E-state index in [9.17, 15) is 13.2 Å². The third-order valence-electron chi connectivity index (χ3n) is 3.29. The fourth-order valence-corrected chi connectivity index (χ4v) is 2.24. The molecule has 0 saturated heterocycles. The van der Waals surface area contributed by atoms with E-state index in [1.807, 2.05) is 4.57 Å². The van der Waals surface area contributed by atoms with Crippen molar-refractivity contribution >= 4 is 23.3 Å². The van der Waals surface area contributed by atoms with Gasteiger partial charge in [-0.2, -0.15) is 13.2 Å². The van der Waals surface area contributed by atoms with Crippen molar-refractivity contribution in [1.82, 2.24) is 9.55 Å². The van der Waals surface area contributed by atoms with Crippen molar-refractivity contribution in [1.29, 1.82) is 0 Å². The second-order valence-electron chi connectivity index (χ2n) is 4.78. The summed E-state index contributed by atoms with van der Waals surface area (Å²) in [5.41, 5.74) is 0.494. The number of aromatic amines is 1. The first-order valence-electron chi connectivity index (χ1n) is 6.12. The number of H-pyrrole nitrogens is 1. The Balaban J connectivity index is 2.51. The lowest BCUT2D eigenvalue weighted by Crippen LogP contribution is -2.07. The van der Waals surface area contributed by atoms with Crippen LogP contribution in [0.5, 0.6) is 0 Å². The lowest BCUT2D eigenvalue weighted by atomic mass is 10.1. The van der Waals surface area contributed by atoms with Crippen molar-refractivity contribution in [3.63, 3.8) is 0 Å². The normalized spacial score (nSPS) is 13.9. The standard InChI is InChI=1S/C13H15F3N2S/c1-3-8(2)7-18-11-5-4-9(13(14,15)16)6-10(11)17-12(18)19/h4-6,8H,3,7H2,1-2H3,(H,17,19). The van der Waals surface area contributed by atoms with Crippen LogP contribution in [0, 0.1) is 10.7 Å². The highest BCUT2D eigenvalue weighted by Crippen LogP contribution is 2.31. The van der Waals surface area contributed by atoms with E-state index in [0.717, 1.165) is 24.1 Å². The number of nitrogens with one attached hydrogen (secondary N) is 1. The van der Waals surface area contributed by atoms with Crippen molar-refractivity contribution in [3.8, 4) is 0 Å². The van der Waals surface area contributed by atoms with E-state index >= 15 is 0 Å². The first-order chi connectivity index (χ1) is 8.82. The molecule has 0 aliphatic carbocycles. The molecule has 0 bridgehead atoms. The zero-order valence-corrected chi connectivity index (χ0v) is 11.5. The molecule has 0 radical (unpaired) electrons. The molecule has 6 heteroatoms. The van der Waals surface area contributed by atoms with E-state index in [-0.39, 0.29) is 0 Å². The van der Waals surface area contributed by atoms with Gasteiger partial charge < -0.3 is 9.55 Å². The summed E-state index contributed by atoms with van der Waals surface area (Å²) < 4.78 is 40.3. The number of halogens is 3. The van der Waals surface area contributed by atoms with E-state index in [4.69, 9.17) is 12.2 Å². The highest BCUT2D eigenvalue weighted by molar-refractivity contribution is 7.71. The molecule has 1 heterocycles. The second-order valence-corrected chi connectivity index (χ2v) is 5.17. The van der Waals surface area contributed by atoms with Crippen LogP contribution < -0.4 is 0 Å². The number of aromatic nitrogens is 2. The summed E-state index contributed by atoms with van der Waals surface area (Å²) >= 11 is 5.18. The number of fused-ring (bicyclic) bond motifs is 1. The van der Waals surface area contributed by atoms with Gasteiger partial charge in [0.15, 0.2) is 4.77 Å². The van der Waals surface area contributed by atoms with Crippen molar-refractivity contribution < 1.29 is 13.2 Å². The average molecular weight is 288 g/mol. The van der Waals surface area contributed by atoms with Gasteiger partial charge in [0.1, 0.15) is 0 Å². The number of nitrogens with zero attached hydrogens (tertiary/aromatic N) is 1. The van der Waals surface area contributed by atoms with Gasteiger partial charge in [-0.1, -0.05) is 20.3 Å². The Labute approximate surface area is 114 Å². The maximum atomic E-state index is 12.6. The van der Waals surface area contributed by atoms with Crippen molar-refractivity contribution in [2.45, 2.75) is 33.0 Å². The van der Waals surface area contributed by atoms with Crippen molar-refractivity contribution in [2.24, 2.45) is 5.92 Å². The summed E-state index contributed by atoms with van der Waals surface area (Å²) in [5.74, 6) is 0.424. The zero-order chi connectivity index (χ0) is 14.2. The quantitative estimate of drug-likeness (QED) is 0.807. The molecule has 2 rings (SSSR count). The van der Waals surface area contributed by atoms with Gasteiger partial charge in [-0.05, 0) is 36.3 Å². The largest absolute Gasteiger partial charge is 0.416 e. The maximum Gasteiger partial charge on any atom is 0.416 e. The van der Waals surface area contributed by atoms with Gasteiger partial charge in [-0.3, -0.25) is 0 Å². The van der Waals surface area contributed by atoms with E-state index in [1.54, 1.807) is 0 Å². The van der Waals surface area contributed by atoms with Crippen LogP contribution in [-0.4, -0.2) is 9.55 Å².